The second-order valence-corrected chi connectivity index (χ2v) is 23.3. The van der Waals surface area contributed by atoms with Gasteiger partial charge in [0.05, 0.1) is 27.6 Å². The van der Waals surface area contributed by atoms with Crippen LogP contribution in [0.3, 0.4) is 0 Å². The lowest BCUT2D eigenvalue weighted by atomic mass is 9.98. The molecule has 0 aliphatic carbocycles. The van der Waals surface area contributed by atoms with Crippen LogP contribution in [-0.2, 0) is 6.54 Å². The molecule has 1 N–H and O–H groups in total. The number of aryl methyl sites for hydroxylation is 1. The molecule has 4 aromatic heterocycles. The summed E-state index contributed by atoms with van der Waals surface area (Å²) in [5.74, 6) is 0. The minimum Gasteiger partial charge on any atom is -0.354 e. The summed E-state index contributed by atoms with van der Waals surface area (Å²) in [5, 5.41) is 21.7. The number of fused-ring (bicyclic) bond motifs is 18. The second-order valence-electron chi connectivity index (χ2n) is 22.2. The molecule has 0 saturated heterocycles. The fraction of sp³-hybridized carbons (Fsp3) is 0.136. The average molecular weight is 1270 g/mol. The van der Waals surface area contributed by atoms with Crippen LogP contribution >= 0.6 is 15.9 Å². The van der Waals surface area contributed by atoms with Crippen LogP contribution in [0.2, 0.25) is 0 Å². The monoisotopic (exact) mass is 1270 g/mol. The number of hydrogen-bond acceptors (Lipinski definition) is 0. The lowest BCUT2D eigenvalue weighted by molar-refractivity contribution is 0.827. The van der Waals surface area contributed by atoms with E-state index in [9.17, 15) is 0 Å². The van der Waals surface area contributed by atoms with Gasteiger partial charge in [-0.2, -0.15) is 0 Å². The van der Waals surface area contributed by atoms with Crippen molar-refractivity contribution in [2.45, 2.75) is 75.8 Å². The number of nitrogens with one attached hydrogen (secondary N) is 1. The normalized spacial score (nSPS) is 11.0. The molecule has 4 nitrogen and oxygen atoms in total. The third-order valence-electron chi connectivity index (χ3n) is 17.6. The van der Waals surface area contributed by atoms with Gasteiger partial charge in [-0.1, -0.05) is 285 Å². The number of aromatic amines is 1. The molecule has 4 heterocycles. The summed E-state index contributed by atoms with van der Waals surface area (Å²) in [4.78, 5) is 3.72. The molecule has 0 atom stereocenters. The van der Waals surface area contributed by atoms with Gasteiger partial charge in [-0.3, -0.25) is 0 Å². The molecule has 0 unspecified atom stereocenters. The van der Waals surface area contributed by atoms with E-state index in [0.717, 1.165) is 23.1 Å². The average Bonchev–Trinajstić information content (AvgIpc) is 1.57. The van der Waals surface area contributed by atoms with Crippen molar-refractivity contribution >= 4 is 146 Å². The summed E-state index contributed by atoms with van der Waals surface area (Å²) in [6.45, 7) is 21.2. The first-order valence-electron chi connectivity index (χ1n) is 33.5. The van der Waals surface area contributed by atoms with Gasteiger partial charge in [0, 0.05) is 82.9 Å². The largest absolute Gasteiger partial charge is 0.354 e. The van der Waals surface area contributed by atoms with Crippen LogP contribution < -0.4 is 0 Å². The number of benzene rings is 14. The van der Waals surface area contributed by atoms with E-state index in [-0.39, 0.29) is 0 Å². The van der Waals surface area contributed by atoms with Gasteiger partial charge < -0.3 is 18.7 Å². The molecule has 0 aliphatic rings. The Morgan fingerprint density at radius 1 is 0.280 bits per heavy atom. The molecule has 0 radical (unpaired) electrons. The predicted molar refractivity (Wildman–Crippen MR) is 415 cm³/mol. The number of rotatable bonds is 5. The van der Waals surface area contributed by atoms with E-state index in [2.05, 4.69) is 321 Å². The molecule has 460 valence electrons. The van der Waals surface area contributed by atoms with Gasteiger partial charge in [-0.25, -0.2) is 0 Å². The molecule has 18 aromatic rings. The summed E-state index contributed by atoms with van der Waals surface area (Å²) in [7, 11) is 0. The van der Waals surface area contributed by atoms with Crippen LogP contribution in [0.15, 0.2) is 279 Å². The molecule has 0 fully saturated rings. The van der Waals surface area contributed by atoms with Gasteiger partial charge in [-0.15, -0.1) is 0 Å². The van der Waals surface area contributed by atoms with Crippen LogP contribution in [0.4, 0.5) is 0 Å². The van der Waals surface area contributed by atoms with Crippen molar-refractivity contribution in [3.63, 3.8) is 0 Å². The standard InChI is InChI=1S/C40H28N2.C38H24N2.C2H5Br.4C2H6/c1-2-41-37-23-20-27-11-4-6-14-32(27)40(37)35-24-34-33-15-7-8-17-36(33)42(39(34)25-38(35)41)29-21-18-28(19-22-29)31-16-9-12-26-10-3-5-13-30(26)31;1-3-11-28-24(8-1)10-7-14-29(28)26-16-19-27(20-17-26)40-36-15-6-5-13-31(36)32-22-33-35(23-37(32)40)39-34-21-18-25-9-2-4-12-30(25)38(33)34;1-2-3;4*1-2/h3-25H,2H2,1H3;1-23,39H;2H2,1H3;4*1-2H3. The van der Waals surface area contributed by atoms with Crippen LogP contribution in [0.25, 0.3) is 164 Å². The molecule has 0 spiro atoms. The third-order valence-corrected chi connectivity index (χ3v) is 17.6. The molecule has 5 heteroatoms. The molecule has 0 bridgehead atoms. The van der Waals surface area contributed by atoms with Crippen LogP contribution in [0.1, 0.15) is 69.2 Å². The number of hydrogen-bond donors (Lipinski definition) is 1. The van der Waals surface area contributed by atoms with E-state index in [4.69, 9.17) is 0 Å². The third kappa shape index (κ3) is 11.2. The Kier molecular flexibility index (Phi) is 19.0. The number of alkyl halides is 1. The van der Waals surface area contributed by atoms with Crippen molar-refractivity contribution in [1.82, 2.24) is 18.7 Å². The Morgan fingerprint density at radius 2 is 0.667 bits per heavy atom. The summed E-state index contributed by atoms with van der Waals surface area (Å²) in [6.07, 6.45) is 0. The Labute approximate surface area is 555 Å². The number of aromatic nitrogens is 4. The van der Waals surface area contributed by atoms with E-state index in [0.29, 0.717) is 0 Å². The predicted octanol–water partition coefficient (Wildman–Crippen LogP) is 26.8. The zero-order valence-corrected chi connectivity index (χ0v) is 56.8. The van der Waals surface area contributed by atoms with E-state index >= 15 is 0 Å². The summed E-state index contributed by atoms with van der Waals surface area (Å²) >= 11 is 3.15. The van der Waals surface area contributed by atoms with E-state index in [1.54, 1.807) is 0 Å². The molecule has 0 amide bonds. The van der Waals surface area contributed by atoms with Gasteiger partial charge in [0.15, 0.2) is 0 Å². The summed E-state index contributed by atoms with van der Waals surface area (Å²) in [5.41, 5.74) is 17.2. The zero-order chi connectivity index (χ0) is 64.7. The molecule has 18 rings (SSSR count). The first-order chi connectivity index (χ1) is 46.0. The van der Waals surface area contributed by atoms with Gasteiger partial charge in [0.1, 0.15) is 0 Å². The maximum atomic E-state index is 3.72. The highest BCUT2D eigenvalue weighted by Crippen LogP contribution is 2.43. The Morgan fingerprint density at radius 3 is 1.15 bits per heavy atom. The van der Waals surface area contributed by atoms with Gasteiger partial charge >= 0.3 is 0 Å². The zero-order valence-electron chi connectivity index (χ0n) is 55.2. The van der Waals surface area contributed by atoms with Gasteiger partial charge in [0.2, 0.25) is 0 Å². The highest BCUT2D eigenvalue weighted by Gasteiger charge is 2.20. The van der Waals surface area contributed by atoms with E-state index in [1.165, 1.54) is 153 Å². The number of para-hydroxylation sites is 2. The van der Waals surface area contributed by atoms with Crippen LogP contribution in [0, 0.1) is 0 Å². The first-order valence-corrected chi connectivity index (χ1v) is 34.6. The Bertz CT molecular complexity index is 5630. The minimum atomic E-state index is 0.920. The highest BCUT2D eigenvalue weighted by molar-refractivity contribution is 9.09. The highest BCUT2D eigenvalue weighted by atomic mass is 79.9. The Balaban J connectivity index is 0.000000156. The fourth-order valence-electron chi connectivity index (χ4n) is 13.9. The van der Waals surface area contributed by atoms with Crippen molar-refractivity contribution in [2.75, 3.05) is 5.33 Å². The molecule has 0 aliphatic heterocycles. The van der Waals surface area contributed by atoms with Gasteiger partial charge in [0.25, 0.3) is 0 Å². The number of H-pyrrole nitrogens is 1. The molecular formula is C88H81BrN4. The minimum absolute atomic E-state index is 0.920. The van der Waals surface area contributed by atoms with E-state index in [1.807, 2.05) is 62.3 Å². The molecule has 93 heavy (non-hydrogen) atoms. The van der Waals surface area contributed by atoms with Crippen molar-refractivity contribution < 1.29 is 0 Å². The van der Waals surface area contributed by atoms with Crippen molar-refractivity contribution in [3.05, 3.63) is 279 Å². The molecule has 14 aromatic carbocycles. The quantitative estimate of drug-likeness (QED) is 0.167. The summed E-state index contributed by atoms with van der Waals surface area (Å²) < 4.78 is 7.32. The molecular weight excluding hydrogens is 1190 g/mol. The SMILES string of the molecule is CC.CC.CC.CC.CCBr.CCn1c2cc3c(cc2c2c4ccccc4ccc21)c1ccccc1n3-c1ccc(-c2cccc3ccccc23)cc1.c1ccc2c(-c3ccc(-n4c5ccccc5c5cc6c(cc54)[nH]c4ccc5ccccc5c46)cc3)cccc2c1. The maximum Gasteiger partial charge on any atom is 0.0562 e. The van der Waals surface area contributed by atoms with Crippen molar-refractivity contribution in [3.8, 4) is 33.6 Å². The lowest BCUT2D eigenvalue weighted by Gasteiger charge is -2.11. The number of nitrogens with zero attached hydrogens (tertiary/aromatic N) is 3. The maximum absolute atomic E-state index is 3.72. The second kappa shape index (κ2) is 28.1. The van der Waals surface area contributed by atoms with Crippen LogP contribution in [-0.4, -0.2) is 24.0 Å². The van der Waals surface area contributed by atoms with Crippen molar-refractivity contribution in [2.24, 2.45) is 0 Å². The summed E-state index contributed by atoms with van der Waals surface area (Å²) in [6, 6.07) is 102. The number of halogens is 1. The van der Waals surface area contributed by atoms with Crippen LogP contribution in [0.5, 0.6) is 0 Å². The molecule has 0 saturated carbocycles. The fourth-order valence-corrected chi connectivity index (χ4v) is 13.9. The Hall–Kier alpha value is -10.2. The topological polar surface area (TPSA) is 30.6 Å². The van der Waals surface area contributed by atoms with Crippen molar-refractivity contribution in [1.29, 1.82) is 0 Å². The lowest BCUT2D eigenvalue weighted by Crippen LogP contribution is -1.96. The van der Waals surface area contributed by atoms with E-state index < -0.39 is 0 Å². The first kappa shape index (κ1) is 63.0. The van der Waals surface area contributed by atoms with Gasteiger partial charge in [-0.05, 0) is 145 Å². The smallest absolute Gasteiger partial charge is 0.0562 e.